The van der Waals surface area contributed by atoms with Crippen molar-refractivity contribution < 1.29 is 33.8 Å². The molecule has 0 radical (unpaired) electrons. The van der Waals surface area contributed by atoms with E-state index >= 15 is 0 Å². The number of para-hydroxylation sites is 1. The molecule has 0 unspecified atom stereocenters. The lowest BCUT2D eigenvalue weighted by Crippen LogP contribution is -2.55. The molecule has 0 aliphatic rings. The maximum atomic E-state index is 13.4. The summed E-state index contributed by atoms with van der Waals surface area (Å²) < 4.78 is 12.0. The third kappa shape index (κ3) is 10.3. The molecular weight excluding hydrogens is 668 g/mol. The number of aliphatic carboxylic acids is 1. The lowest BCUT2D eigenvalue weighted by molar-refractivity contribution is -0.142. The van der Waals surface area contributed by atoms with Crippen molar-refractivity contribution >= 4 is 50.7 Å². The molecule has 0 aliphatic heterocycles. The zero-order valence-electron chi connectivity index (χ0n) is 26.6. The van der Waals surface area contributed by atoms with Gasteiger partial charge in [0.1, 0.15) is 36.1 Å². The Labute approximate surface area is 281 Å². The van der Waals surface area contributed by atoms with Crippen LogP contribution in [0.15, 0.2) is 83.5 Å². The van der Waals surface area contributed by atoms with Crippen LogP contribution in [0.4, 0.5) is 4.79 Å². The molecule has 0 saturated carbocycles. The van der Waals surface area contributed by atoms with Crippen molar-refractivity contribution in [3.05, 3.63) is 100 Å². The summed E-state index contributed by atoms with van der Waals surface area (Å²) in [5.41, 5.74) is 2.47. The van der Waals surface area contributed by atoms with E-state index in [1.807, 2.05) is 48.5 Å². The number of amides is 3. The highest BCUT2D eigenvalue weighted by atomic mass is 79.9. The topological polar surface area (TPSA) is 159 Å². The van der Waals surface area contributed by atoms with Gasteiger partial charge in [0.15, 0.2) is 0 Å². The first kappa shape index (κ1) is 35.0. The number of aromatic nitrogens is 1. The number of carboxylic acid groups (broad SMARTS) is 1. The van der Waals surface area contributed by atoms with Gasteiger partial charge in [0.25, 0.3) is 0 Å². The molecular formula is C35H39BrN4O7. The minimum atomic E-state index is -1.25. The minimum absolute atomic E-state index is 0.0199. The highest BCUT2D eigenvalue weighted by Gasteiger charge is 2.29. The van der Waals surface area contributed by atoms with E-state index in [-0.39, 0.29) is 12.8 Å². The van der Waals surface area contributed by atoms with E-state index < -0.39 is 47.6 Å². The third-order valence-electron chi connectivity index (χ3n) is 7.16. The number of ether oxygens (including phenoxy) is 2. The average Bonchev–Trinajstić information content (AvgIpc) is 3.43. The van der Waals surface area contributed by atoms with E-state index in [4.69, 9.17) is 9.47 Å². The quantitative estimate of drug-likeness (QED) is 0.127. The van der Waals surface area contributed by atoms with Gasteiger partial charge in [-0.2, -0.15) is 0 Å². The van der Waals surface area contributed by atoms with Crippen molar-refractivity contribution in [3.63, 3.8) is 0 Å². The second-order valence-corrected chi connectivity index (χ2v) is 13.0. The molecule has 1 heterocycles. The predicted octanol–water partition coefficient (Wildman–Crippen LogP) is 5.26. The summed E-state index contributed by atoms with van der Waals surface area (Å²) in [5, 5.41) is 18.4. The molecule has 12 heteroatoms. The number of carboxylic acids is 1. The molecule has 11 nitrogen and oxygen atoms in total. The first-order chi connectivity index (χ1) is 22.3. The number of benzene rings is 3. The van der Waals surface area contributed by atoms with E-state index in [1.165, 1.54) is 6.92 Å². The van der Waals surface area contributed by atoms with Gasteiger partial charge >= 0.3 is 12.1 Å². The van der Waals surface area contributed by atoms with E-state index in [2.05, 4.69) is 36.9 Å². The van der Waals surface area contributed by atoms with Crippen LogP contribution in [0.2, 0.25) is 0 Å². The van der Waals surface area contributed by atoms with Crippen molar-refractivity contribution in [1.29, 1.82) is 0 Å². The van der Waals surface area contributed by atoms with Gasteiger partial charge in [0.05, 0.1) is 5.52 Å². The molecule has 3 amide bonds. The van der Waals surface area contributed by atoms with Gasteiger partial charge < -0.3 is 35.5 Å². The van der Waals surface area contributed by atoms with Crippen LogP contribution in [0.5, 0.6) is 5.75 Å². The van der Waals surface area contributed by atoms with Crippen molar-refractivity contribution in [3.8, 4) is 5.75 Å². The van der Waals surface area contributed by atoms with Gasteiger partial charge in [-0.3, -0.25) is 9.59 Å². The van der Waals surface area contributed by atoms with Crippen LogP contribution in [0.3, 0.4) is 0 Å². The molecule has 4 aromatic rings. The summed E-state index contributed by atoms with van der Waals surface area (Å²) in [4.78, 5) is 54.4. The van der Waals surface area contributed by atoms with Gasteiger partial charge in [0.2, 0.25) is 11.8 Å². The molecule has 0 aliphatic carbocycles. The minimum Gasteiger partial charge on any atom is -0.489 e. The van der Waals surface area contributed by atoms with E-state index in [0.717, 1.165) is 26.5 Å². The van der Waals surface area contributed by atoms with Crippen molar-refractivity contribution in [2.45, 2.75) is 70.9 Å². The summed E-state index contributed by atoms with van der Waals surface area (Å²) in [6, 6.07) is 18.9. The van der Waals surface area contributed by atoms with Crippen LogP contribution in [0.25, 0.3) is 10.9 Å². The molecule has 3 atom stereocenters. The first-order valence-corrected chi connectivity index (χ1v) is 15.9. The molecule has 47 heavy (non-hydrogen) atoms. The summed E-state index contributed by atoms with van der Waals surface area (Å²) in [5.74, 6) is -1.92. The van der Waals surface area contributed by atoms with Crippen LogP contribution >= 0.6 is 15.9 Å². The third-order valence-corrected chi connectivity index (χ3v) is 7.82. The van der Waals surface area contributed by atoms with Crippen molar-refractivity contribution in [2.24, 2.45) is 0 Å². The van der Waals surface area contributed by atoms with Gasteiger partial charge in [0, 0.05) is 28.9 Å². The van der Waals surface area contributed by atoms with E-state index in [9.17, 15) is 24.3 Å². The first-order valence-electron chi connectivity index (χ1n) is 15.1. The predicted molar refractivity (Wildman–Crippen MR) is 181 cm³/mol. The number of carbonyl (C=O) groups is 4. The zero-order valence-corrected chi connectivity index (χ0v) is 28.2. The zero-order chi connectivity index (χ0) is 34.1. The smallest absolute Gasteiger partial charge is 0.408 e. The molecule has 5 N–H and O–H groups in total. The molecule has 3 aromatic carbocycles. The Hall–Kier alpha value is -4.84. The maximum absolute atomic E-state index is 13.4. The summed E-state index contributed by atoms with van der Waals surface area (Å²) in [6.45, 7) is 6.95. The summed E-state index contributed by atoms with van der Waals surface area (Å²) in [7, 11) is 0. The Morgan fingerprint density at radius 3 is 2.19 bits per heavy atom. The Morgan fingerprint density at radius 1 is 0.830 bits per heavy atom. The summed E-state index contributed by atoms with van der Waals surface area (Å²) in [6.07, 6.45) is 1.02. The Balaban J connectivity index is 1.41. The number of rotatable bonds is 13. The SMILES string of the molecule is C[C@H](NC(=O)[C@H](Cc1ccc(OCc2ccccc2)cc1)NC(=O)OC(C)(C)C)C(=O)N[C@@H](Cc1c[nH]c2c(Br)cccc12)C(=O)O. The fraction of sp³-hybridized carbons (Fsp3) is 0.314. The second kappa shape index (κ2) is 15.6. The number of halogens is 1. The van der Waals surface area contributed by atoms with Crippen LogP contribution in [0.1, 0.15) is 44.4 Å². The molecule has 0 saturated heterocycles. The molecule has 4 rings (SSSR count). The number of nitrogens with one attached hydrogen (secondary N) is 4. The highest BCUT2D eigenvalue weighted by Crippen LogP contribution is 2.26. The van der Waals surface area contributed by atoms with Crippen LogP contribution in [-0.2, 0) is 38.6 Å². The van der Waals surface area contributed by atoms with Gasteiger partial charge in [-0.25, -0.2) is 9.59 Å². The lowest BCUT2D eigenvalue weighted by Gasteiger charge is -2.25. The maximum Gasteiger partial charge on any atom is 0.408 e. The number of fused-ring (bicyclic) bond motifs is 1. The van der Waals surface area contributed by atoms with Gasteiger partial charge in [-0.15, -0.1) is 0 Å². The molecule has 1 aromatic heterocycles. The lowest BCUT2D eigenvalue weighted by atomic mass is 10.0. The number of carbonyl (C=O) groups excluding carboxylic acids is 3. The number of alkyl carbamates (subject to hydrolysis) is 1. The fourth-order valence-electron chi connectivity index (χ4n) is 4.80. The van der Waals surface area contributed by atoms with Gasteiger partial charge in [-0.05, 0) is 78.5 Å². The second-order valence-electron chi connectivity index (χ2n) is 12.1. The molecule has 0 bridgehead atoms. The van der Waals surface area contributed by atoms with Crippen molar-refractivity contribution in [2.75, 3.05) is 0 Å². The number of aromatic amines is 1. The Morgan fingerprint density at radius 2 is 1.53 bits per heavy atom. The molecule has 248 valence electrons. The fourth-order valence-corrected chi connectivity index (χ4v) is 5.28. The van der Waals surface area contributed by atoms with E-state index in [0.29, 0.717) is 17.9 Å². The molecule has 0 spiro atoms. The van der Waals surface area contributed by atoms with E-state index in [1.54, 1.807) is 51.2 Å². The Bertz CT molecular complexity index is 1700. The Kier molecular flexibility index (Phi) is 11.7. The van der Waals surface area contributed by atoms with Gasteiger partial charge in [-0.1, -0.05) is 54.6 Å². The average molecular weight is 708 g/mol. The summed E-state index contributed by atoms with van der Waals surface area (Å²) >= 11 is 3.47. The monoisotopic (exact) mass is 706 g/mol. The van der Waals surface area contributed by atoms with Crippen LogP contribution < -0.4 is 20.7 Å². The largest absolute Gasteiger partial charge is 0.489 e. The number of H-pyrrole nitrogens is 1. The standard InChI is InChI=1S/C35H39BrN4O7/c1-21(31(41)39-29(33(43)44)18-24-19-37-30-26(24)11-8-12-27(30)36)38-32(42)28(40-34(45)47-35(2,3)4)17-22-13-15-25(16-14-22)46-20-23-9-6-5-7-10-23/h5-16,19,21,28-29,37H,17-18,20H2,1-4H3,(H,38,42)(H,39,41)(H,40,45)(H,43,44)/t21-,28-,29-/m0/s1. The van der Waals surface area contributed by atoms with Crippen molar-refractivity contribution in [1.82, 2.24) is 20.9 Å². The van der Waals surface area contributed by atoms with Crippen LogP contribution in [-0.4, -0.2) is 57.7 Å². The van der Waals surface area contributed by atoms with Crippen LogP contribution in [0, 0.1) is 0 Å². The number of hydrogen-bond acceptors (Lipinski definition) is 6. The highest BCUT2D eigenvalue weighted by molar-refractivity contribution is 9.10. The molecule has 0 fully saturated rings. The normalized spacial score (nSPS) is 13.2. The number of hydrogen-bond donors (Lipinski definition) is 5.